The predicted molar refractivity (Wildman–Crippen MR) is 44.4 cm³/mol. The summed E-state index contributed by atoms with van der Waals surface area (Å²) in [6.07, 6.45) is -0.156. The van der Waals surface area contributed by atoms with Crippen LogP contribution in [0.5, 0.6) is 0 Å². The topological polar surface area (TPSA) is 35.5 Å². The third kappa shape index (κ3) is 1.78. The van der Waals surface area contributed by atoms with E-state index >= 15 is 0 Å². The van der Waals surface area contributed by atoms with E-state index in [4.69, 9.17) is 9.47 Å². The van der Waals surface area contributed by atoms with Crippen LogP contribution in [0.1, 0.15) is 27.7 Å². The van der Waals surface area contributed by atoms with Crippen LogP contribution in [-0.2, 0) is 14.3 Å². The lowest BCUT2D eigenvalue weighted by atomic mass is 9.94. The van der Waals surface area contributed by atoms with Crippen LogP contribution >= 0.6 is 0 Å². The number of carbonyl (C=O) groups is 1. The van der Waals surface area contributed by atoms with Crippen molar-refractivity contribution >= 4 is 5.97 Å². The van der Waals surface area contributed by atoms with Gasteiger partial charge in [-0.3, -0.25) is 4.79 Å². The lowest BCUT2D eigenvalue weighted by Gasteiger charge is -2.15. The van der Waals surface area contributed by atoms with Crippen molar-refractivity contribution in [3.8, 4) is 0 Å². The zero-order valence-corrected chi connectivity index (χ0v) is 8.03. The van der Waals surface area contributed by atoms with Crippen molar-refractivity contribution in [1.82, 2.24) is 0 Å². The molecule has 0 N–H and O–H groups in total. The van der Waals surface area contributed by atoms with E-state index < -0.39 is 0 Å². The van der Waals surface area contributed by atoms with Crippen LogP contribution in [0, 0.1) is 11.8 Å². The fourth-order valence-corrected chi connectivity index (χ4v) is 1.43. The molecule has 1 rings (SSSR count). The van der Waals surface area contributed by atoms with Crippen LogP contribution in [-0.4, -0.2) is 18.4 Å². The van der Waals surface area contributed by atoms with Gasteiger partial charge in [-0.05, 0) is 12.8 Å². The second-order valence-electron chi connectivity index (χ2n) is 3.54. The Morgan fingerprint density at radius 2 is 1.83 bits per heavy atom. The summed E-state index contributed by atoms with van der Waals surface area (Å²) in [5.41, 5.74) is 0. The van der Waals surface area contributed by atoms with Gasteiger partial charge in [-0.15, -0.1) is 0 Å². The Morgan fingerprint density at radius 1 is 1.25 bits per heavy atom. The molecule has 1 fully saturated rings. The van der Waals surface area contributed by atoms with Gasteiger partial charge in [0, 0.05) is 12.8 Å². The molecule has 0 aliphatic carbocycles. The summed E-state index contributed by atoms with van der Waals surface area (Å²) in [5, 5.41) is 0. The van der Waals surface area contributed by atoms with Gasteiger partial charge in [0.1, 0.15) is 0 Å². The van der Waals surface area contributed by atoms with Gasteiger partial charge in [-0.1, -0.05) is 13.8 Å². The fraction of sp³-hybridized carbons (Fsp3) is 0.889. The molecule has 1 aliphatic heterocycles. The average Bonchev–Trinajstić information content (AvgIpc) is 2.17. The summed E-state index contributed by atoms with van der Waals surface area (Å²) in [7, 11) is 0. The lowest BCUT2D eigenvalue weighted by molar-refractivity contribution is -0.177. The quantitative estimate of drug-likeness (QED) is 0.563. The second kappa shape index (κ2) is 3.44. The van der Waals surface area contributed by atoms with E-state index in [1.807, 2.05) is 13.8 Å². The van der Waals surface area contributed by atoms with Crippen molar-refractivity contribution in [3.63, 3.8) is 0 Å². The largest absolute Gasteiger partial charge is 0.436 e. The molecule has 0 aromatic heterocycles. The van der Waals surface area contributed by atoms with E-state index in [0.29, 0.717) is 11.8 Å². The van der Waals surface area contributed by atoms with Crippen LogP contribution in [0.15, 0.2) is 0 Å². The van der Waals surface area contributed by atoms with E-state index in [1.54, 1.807) is 0 Å². The minimum atomic E-state index is -0.340. The Hall–Kier alpha value is -0.570. The second-order valence-corrected chi connectivity index (χ2v) is 3.54. The number of hydrogen-bond acceptors (Lipinski definition) is 3. The molecule has 0 bridgehead atoms. The molecule has 70 valence electrons. The average molecular weight is 172 g/mol. The molecule has 3 nitrogen and oxygen atoms in total. The highest BCUT2D eigenvalue weighted by Gasteiger charge is 2.38. The number of ether oxygens (including phenoxy) is 2. The van der Waals surface area contributed by atoms with E-state index in [9.17, 15) is 4.79 Å². The Labute approximate surface area is 73.0 Å². The van der Waals surface area contributed by atoms with Crippen LogP contribution < -0.4 is 0 Å². The van der Waals surface area contributed by atoms with Crippen LogP contribution in [0.4, 0.5) is 0 Å². The molecule has 4 atom stereocenters. The molecule has 1 aliphatic rings. The van der Waals surface area contributed by atoms with Crippen LogP contribution in [0.3, 0.4) is 0 Å². The molecule has 3 heteroatoms. The third-order valence-electron chi connectivity index (χ3n) is 2.63. The van der Waals surface area contributed by atoms with Gasteiger partial charge in [-0.25, -0.2) is 0 Å². The first-order valence-corrected chi connectivity index (χ1v) is 4.35. The maximum Gasteiger partial charge on any atom is 0.304 e. The van der Waals surface area contributed by atoms with Gasteiger partial charge in [0.2, 0.25) is 6.29 Å². The normalized spacial score (nSPS) is 41.3. The maximum atomic E-state index is 10.7. The highest BCUT2D eigenvalue weighted by atomic mass is 16.7. The highest BCUT2D eigenvalue weighted by Crippen LogP contribution is 2.32. The molecule has 12 heavy (non-hydrogen) atoms. The summed E-state index contributed by atoms with van der Waals surface area (Å²) < 4.78 is 10.5. The molecular formula is C9H16O3. The minimum absolute atomic E-state index is 0.185. The van der Waals surface area contributed by atoms with Gasteiger partial charge in [-0.2, -0.15) is 0 Å². The van der Waals surface area contributed by atoms with Crippen LogP contribution in [0.2, 0.25) is 0 Å². The smallest absolute Gasteiger partial charge is 0.304 e. The first-order chi connectivity index (χ1) is 5.52. The number of rotatable bonds is 1. The fourth-order valence-electron chi connectivity index (χ4n) is 1.43. The Kier molecular flexibility index (Phi) is 2.73. The van der Waals surface area contributed by atoms with Gasteiger partial charge in [0.15, 0.2) is 0 Å². The van der Waals surface area contributed by atoms with Gasteiger partial charge >= 0.3 is 5.97 Å². The first-order valence-electron chi connectivity index (χ1n) is 4.35. The van der Waals surface area contributed by atoms with Crippen molar-refractivity contribution in [2.45, 2.75) is 40.1 Å². The molecule has 4 unspecified atom stereocenters. The monoisotopic (exact) mass is 172 g/mol. The Balaban J connectivity index is 2.52. The molecule has 0 radical (unpaired) electrons. The van der Waals surface area contributed by atoms with Crippen molar-refractivity contribution < 1.29 is 14.3 Å². The SMILES string of the molecule is CC(=O)OC1OC(C)C(C)C1C. The standard InChI is InChI=1S/C9H16O3/c1-5-6(2)9(11-7(5)3)12-8(4)10/h5-7,9H,1-4H3. The number of hydrogen-bond donors (Lipinski definition) is 0. The van der Waals surface area contributed by atoms with Crippen molar-refractivity contribution in [2.75, 3.05) is 0 Å². The molecule has 0 amide bonds. The van der Waals surface area contributed by atoms with E-state index in [0.717, 1.165) is 0 Å². The first kappa shape index (κ1) is 9.52. The molecule has 1 saturated heterocycles. The maximum absolute atomic E-state index is 10.7. The zero-order valence-electron chi connectivity index (χ0n) is 8.03. The molecule has 0 aromatic rings. The van der Waals surface area contributed by atoms with E-state index in [-0.39, 0.29) is 18.4 Å². The summed E-state index contributed by atoms with van der Waals surface area (Å²) in [5.74, 6) is 0.478. The van der Waals surface area contributed by atoms with Gasteiger partial charge in [0.25, 0.3) is 0 Å². The predicted octanol–water partition coefficient (Wildman–Crippen LogP) is 1.57. The number of esters is 1. The molecule has 0 aromatic carbocycles. The molecule has 0 spiro atoms. The Bertz CT molecular complexity index is 179. The van der Waals surface area contributed by atoms with Crippen molar-refractivity contribution in [2.24, 2.45) is 11.8 Å². The van der Waals surface area contributed by atoms with E-state index in [2.05, 4.69) is 6.92 Å². The summed E-state index contributed by atoms with van der Waals surface area (Å²) in [6.45, 7) is 7.56. The summed E-state index contributed by atoms with van der Waals surface area (Å²) in [6, 6.07) is 0. The molecule has 0 saturated carbocycles. The third-order valence-corrected chi connectivity index (χ3v) is 2.63. The Morgan fingerprint density at radius 3 is 2.17 bits per heavy atom. The van der Waals surface area contributed by atoms with Crippen LogP contribution in [0.25, 0.3) is 0 Å². The molecule has 1 heterocycles. The summed E-state index contributed by atoms with van der Waals surface area (Å²) >= 11 is 0. The van der Waals surface area contributed by atoms with E-state index in [1.165, 1.54) is 6.92 Å². The van der Waals surface area contributed by atoms with Crippen molar-refractivity contribution in [1.29, 1.82) is 0 Å². The van der Waals surface area contributed by atoms with Crippen molar-refractivity contribution in [3.05, 3.63) is 0 Å². The zero-order chi connectivity index (χ0) is 9.30. The van der Waals surface area contributed by atoms with Gasteiger partial charge in [0.05, 0.1) is 6.10 Å². The lowest BCUT2D eigenvalue weighted by Crippen LogP contribution is -2.21. The summed E-state index contributed by atoms with van der Waals surface area (Å²) in [4.78, 5) is 10.7. The highest BCUT2D eigenvalue weighted by molar-refractivity contribution is 5.66. The van der Waals surface area contributed by atoms with Gasteiger partial charge < -0.3 is 9.47 Å². The molecular weight excluding hydrogens is 156 g/mol. The number of carbonyl (C=O) groups excluding carboxylic acids is 1. The minimum Gasteiger partial charge on any atom is -0.436 e.